The van der Waals surface area contributed by atoms with Crippen molar-refractivity contribution < 1.29 is 19.8 Å². The Morgan fingerprint density at radius 1 is 1.37 bits per heavy atom. The van der Waals surface area contributed by atoms with E-state index >= 15 is 0 Å². The molecule has 0 aliphatic rings. The molecular formula is C12H14ClNO4S. The van der Waals surface area contributed by atoms with Crippen molar-refractivity contribution in [1.82, 2.24) is 5.32 Å². The van der Waals surface area contributed by atoms with Crippen molar-refractivity contribution in [2.75, 3.05) is 5.75 Å². The van der Waals surface area contributed by atoms with Gasteiger partial charge in [-0.25, -0.2) is 4.79 Å². The van der Waals surface area contributed by atoms with E-state index in [0.717, 1.165) is 4.90 Å². The quantitative estimate of drug-likeness (QED) is 0.691. The van der Waals surface area contributed by atoms with Crippen molar-refractivity contribution >= 4 is 35.2 Å². The van der Waals surface area contributed by atoms with Crippen LogP contribution in [-0.2, 0) is 9.59 Å². The molecule has 104 valence electrons. The molecule has 1 amide bonds. The fourth-order valence-corrected chi connectivity index (χ4v) is 2.12. The average Bonchev–Trinajstić information content (AvgIpc) is 2.34. The predicted molar refractivity (Wildman–Crippen MR) is 73.4 cm³/mol. The summed E-state index contributed by atoms with van der Waals surface area (Å²) < 4.78 is 0. The molecule has 3 N–H and O–H groups in total. The maximum Gasteiger partial charge on any atom is 0.328 e. The van der Waals surface area contributed by atoms with Gasteiger partial charge < -0.3 is 15.5 Å². The maximum atomic E-state index is 11.6. The van der Waals surface area contributed by atoms with Crippen LogP contribution in [0.1, 0.15) is 6.92 Å². The molecule has 0 saturated heterocycles. The Balaban J connectivity index is 2.47. The number of carboxylic acid groups (broad SMARTS) is 1. The molecule has 1 aromatic carbocycles. The second kappa shape index (κ2) is 7.37. The van der Waals surface area contributed by atoms with E-state index in [2.05, 4.69) is 5.32 Å². The Labute approximate surface area is 120 Å². The third-order valence-electron chi connectivity index (χ3n) is 2.25. The number of carbonyl (C=O) groups is 2. The molecule has 0 heterocycles. The van der Waals surface area contributed by atoms with Gasteiger partial charge in [0, 0.05) is 9.92 Å². The number of aliphatic hydroxyl groups is 1. The number of aliphatic carboxylic acids is 1. The summed E-state index contributed by atoms with van der Waals surface area (Å²) >= 11 is 6.99. The predicted octanol–water partition coefficient (Wildman–Crippen LogP) is 1.38. The van der Waals surface area contributed by atoms with Crippen LogP contribution in [0.2, 0.25) is 5.02 Å². The third-order valence-corrected chi connectivity index (χ3v) is 3.51. The van der Waals surface area contributed by atoms with E-state index in [9.17, 15) is 14.7 Å². The van der Waals surface area contributed by atoms with Gasteiger partial charge >= 0.3 is 5.97 Å². The molecule has 2 atom stereocenters. The largest absolute Gasteiger partial charge is 0.480 e. The highest BCUT2D eigenvalue weighted by Gasteiger charge is 2.24. The lowest BCUT2D eigenvalue weighted by atomic mass is 10.2. The summed E-state index contributed by atoms with van der Waals surface area (Å²) in [5, 5.41) is 20.9. The Morgan fingerprint density at radius 3 is 2.42 bits per heavy atom. The van der Waals surface area contributed by atoms with Gasteiger partial charge in [-0.1, -0.05) is 11.6 Å². The zero-order chi connectivity index (χ0) is 14.4. The number of carboxylic acids is 1. The monoisotopic (exact) mass is 303 g/mol. The molecule has 5 nitrogen and oxygen atoms in total. The molecule has 0 saturated carbocycles. The van der Waals surface area contributed by atoms with Gasteiger partial charge in [-0.05, 0) is 31.2 Å². The van der Waals surface area contributed by atoms with Crippen LogP contribution < -0.4 is 5.32 Å². The number of rotatable bonds is 6. The zero-order valence-electron chi connectivity index (χ0n) is 10.2. The van der Waals surface area contributed by atoms with Gasteiger partial charge in [0.25, 0.3) is 0 Å². The number of carbonyl (C=O) groups excluding carboxylic acids is 1. The Hall–Kier alpha value is -1.24. The summed E-state index contributed by atoms with van der Waals surface area (Å²) in [7, 11) is 0. The highest BCUT2D eigenvalue weighted by molar-refractivity contribution is 8.00. The summed E-state index contributed by atoms with van der Waals surface area (Å²) in [4.78, 5) is 23.2. The van der Waals surface area contributed by atoms with Crippen molar-refractivity contribution in [2.45, 2.75) is 24.0 Å². The highest BCUT2D eigenvalue weighted by Crippen LogP contribution is 2.19. The molecule has 0 aliphatic carbocycles. The fraction of sp³-hybridized carbons (Fsp3) is 0.333. The van der Waals surface area contributed by atoms with Crippen LogP contribution in [0.15, 0.2) is 29.2 Å². The van der Waals surface area contributed by atoms with Gasteiger partial charge in [-0.2, -0.15) is 0 Å². The molecule has 0 unspecified atom stereocenters. The van der Waals surface area contributed by atoms with Gasteiger partial charge in [0.05, 0.1) is 11.9 Å². The summed E-state index contributed by atoms with van der Waals surface area (Å²) in [5.74, 6) is -1.65. The van der Waals surface area contributed by atoms with E-state index in [-0.39, 0.29) is 5.75 Å². The van der Waals surface area contributed by atoms with Crippen LogP contribution in [0.3, 0.4) is 0 Å². The molecule has 0 aromatic heterocycles. The van der Waals surface area contributed by atoms with E-state index in [0.29, 0.717) is 5.02 Å². The first kappa shape index (κ1) is 15.8. The van der Waals surface area contributed by atoms with Gasteiger partial charge in [0.2, 0.25) is 5.91 Å². The fourth-order valence-electron chi connectivity index (χ4n) is 1.28. The first-order chi connectivity index (χ1) is 8.90. The zero-order valence-corrected chi connectivity index (χ0v) is 11.7. The number of hydrogen-bond donors (Lipinski definition) is 3. The number of amides is 1. The Morgan fingerprint density at radius 2 is 1.95 bits per heavy atom. The van der Waals surface area contributed by atoms with Crippen molar-refractivity contribution in [3.8, 4) is 0 Å². The first-order valence-electron chi connectivity index (χ1n) is 5.48. The summed E-state index contributed by atoms with van der Waals surface area (Å²) in [6.07, 6.45) is -1.15. The standard InChI is InChI=1S/C12H14ClNO4S/c1-7(15)11(12(17)18)14-10(16)6-19-9-4-2-8(13)3-5-9/h2-5,7,11,15H,6H2,1H3,(H,14,16)(H,17,18)/t7-,11+/m1/s1. The van der Waals surface area contributed by atoms with E-state index in [1.807, 2.05) is 0 Å². The van der Waals surface area contributed by atoms with E-state index in [1.165, 1.54) is 18.7 Å². The number of thioether (sulfide) groups is 1. The number of hydrogen-bond acceptors (Lipinski definition) is 4. The molecule has 1 aromatic rings. The number of benzene rings is 1. The molecule has 0 radical (unpaired) electrons. The van der Waals surface area contributed by atoms with E-state index in [4.69, 9.17) is 16.7 Å². The maximum absolute atomic E-state index is 11.6. The number of aliphatic hydroxyl groups excluding tert-OH is 1. The molecule has 0 fully saturated rings. The average molecular weight is 304 g/mol. The molecule has 0 aliphatic heterocycles. The van der Waals surface area contributed by atoms with E-state index < -0.39 is 24.0 Å². The first-order valence-corrected chi connectivity index (χ1v) is 6.85. The van der Waals surface area contributed by atoms with Gasteiger partial charge in [-0.15, -0.1) is 11.8 Å². The van der Waals surface area contributed by atoms with Crippen molar-refractivity contribution in [1.29, 1.82) is 0 Å². The van der Waals surface area contributed by atoms with Crippen LogP contribution in [0.5, 0.6) is 0 Å². The lowest BCUT2D eigenvalue weighted by Gasteiger charge is -2.16. The highest BCUT2D eigenvalue weighted by atomic mass is 35.5. The molecule has 0 spiro atoms. The normalized spacial score (nSPS) is 13.6. The van der Waals surface area contributed by atoms with Crippen molar-refractivity contribution in [2.24, 2.45) is 0 Å². The second-order valence-corrected chi connectivity index (χ2v) is 5.35. The molecule has 7 heteroatoms. The molecule has 0 bridgehead atoms. The van der Waals surface area contributed by atoms with Gasteiger partial charge in [0.15, 0.2) is 6.04 Å². The number of nitrogens with one attached hydrogen (secondary N) is 1. The Bertz CT molecular complexity index is 450. The number of halogens is 1. The topological polar surface area (TPSA) is 86.6 Å². The van der Waals surface area contributed by atoms with Gasteiger partial charge in [0.1, 0.15) is 0 Å². The van der Waals surface area contributed by atoms with Crippen LogP contribution in [0, 0.1) is 0 Å². The lowest BCUT2D eigenvalue weighted by Crippen LogP contribution is -2.48. The molecule has 19 heavy (non-hydrogen) atoms. The lowest BCUT2D eigenvalue weighted by molar-refractivity contribution is -0.144. The van der Waals surface area contributed by atoms with E-state index in [1.54, 1.807) is 24.3 Å². The minimum atomic E-state index is -1.29. The SMILES string of the molecule is C[C@@H](O)[C@H](NC(=O)CSc1ccc(Cl)cc1)C(=O)O. The van der Waals surface area contributed by atoms with Crippen molar-refractivity contribution in [3.05, 3.63) is 29.3 Å². The third kappa shape index (κ3) is 5.50. The summed E-state index contributed by atoms with van der Waals surface area (Å²) in [5.41, 5.74) is 0. The van der Waals surface area contributed by atoms with Crippen molar-refractivity contribution in [3.63, 3.8) is 0 Å². The van der Waals surface area contributed by atoms with Crippen LogP contribution in [0.25, 0.3) is 0 Å². The van der Waals surface area contributed by atoms with Crippen LogP contribution >= 0.6 is 23.4 Å². The smallest absolute Gasteiger partial charge is 0.328 e. The second-order valence-electron chi connectivity index (χ2n) is 3.87. The summed E-state index contributed by atoms with van der Waals surface area (Å²) in [6.45, 7) is 1.31. The van der Waals surface area contributed by atoms with Gasteiger partial charge in [-0.3, -0.25) is 4.79 Å². The molecular weight excluding hydrogens is 290 g/mol. The molecule has 1 rings (SSSR count). The minimum Gasteiger partial charge on any atom is -0.480 e. The summed E-state index contributed by atoms with van der Waals surface area (Å²) in [6, 6.07) is 5.65. The van der Waals surface area contributed by atoms with Crippen LogP contribution in [0.4, 0.5) is 0 Å². The Kier molecular flexibility index (Phi) is 6.14. The minimum absolute atomic E-state index is 0.0676. The van der Waals surface area contributed by atoms with Crippen LogP contribution in [-0.4, -0.2) is 40.0 Å².